The maximum atomic E-state index is 11.9. The molecule has 0 spiro atoms. The number of esters is 1. The number of rotatable bonds is 13. The second-order valence-corrected chi connectivity index (χ2v) is 5.56. The Hall–Kier alpha value is -1.59. The van der Waals surface area contributed by atoms with Gasteiger partial charge in [-0.1, -0.05) is 39.5 Å². The van der Waals surface area contributed by atoms with Crippen molar-refractivity contribution in [2.75, 3.05) is 6.61 Å². The van der Waals surface area contributed by atoms with E-state index in [0.29, 0.717) is 13.0 Å². The molecule has 128 valence electrons. The number of hydrogen-bond donors (Lipinski definition) is 2. The van der Waals surface area contributed by atoms with Crippen LogP contribution in [0.3, 0.4) is 0 Å². The maximum absolute atomic E-state index is 11.9. The van der Waals surface area contributed by atoms with Crippen molar-refractivity contribution in [2.24, 2.45) is 11.8 Å². The van der Waals surface area contributed by atoms with E-state index in [1.54, 1.807) is 6.92 Å². The molecular weight excluding hydrogens is 288 g/mol. The van der Waals surface area contributed by atoms with E-state index >= 15 is 0 Å². The summed E-state index contributed by atoms with van der Waals surface area (Å²) in [5.74, 6) is -4.40. The topological polar surface area (TPSA) is 101 Å². The van der Waals surface area contributed by atoms with Gasteiger partial charge in [0.05, 0.1) is 24.9 Å². The molecule has 0 saturated heterocycles. The third-order valence-electron chi connectivity index (χ3n) is 3.66. The van der Waals surface area contributed by atoms with Gasteiger partial charge in [0.2, 0.25) is 0 Å². The fraction of sp³-hybridized carbons (Fsp3) is 0.812. The number of aliphatic carboxylic acids is 2. The number of ether oxygens (including phenoxy) is 1. The molecule has 0 fully saturated rings. The second-order valence-electron chi connectivity index (χ2n) is 5.56. The average molecular weight is 316 g/mol. The third kappa shape index (κ3) is 9.37. The minimum absolute atomic E-state index is 0.00675. The van der Waals surface area contributed by atoms with Crippen LogP contribution in [0.4, 0.5) is 0 Å². The summed E-state index contributed by atoms with van der Waals surface area (Å²) >= 11 is 0. The molecule has 0 aromatic rings. The van der Waals surface area contributed by atoms with E-state index in [9.17, 15) is 14.4 Å². The van der Waals surface area contributed by atoms with Crippen LogP contribution in [-0.4, -0.2) is 34.7 Å². The van der Waals surface area contributed by atoms with Crippen molar-refractivity contribution in [1.82, 2.24) is 0 Å². The van der Waals surface area contributed by atoms with Crippen LogP contribution in [0, 0.1) is 11.8 Å². The molecule has 2 atom stereocenters. The molecule has 0 rings (SSSR count). The van der Waals surface area contributed by atoms with Gasteiger partial charge in [-0.2, -0.15) is 0 Å². The number of carboxylic acid groups (broad SMARTS) is 2. The van der Waals surface area contributed by atoms with Gasteiger partial charge in [-0.25, -0.2) is 0 Å². The Kier molecular flexibility index (Phi) is 11.1. The van der Waals surface area contributed by atoms with Gasteiger partial charge in [0.25, 0.3) is 0 Å². The highest BCUT2D eigenvalue weighted by molar-refractivity contribution is 5.79. The molecular formula is C16H28O6. The third-order valence-corrected chi connectivity index (χ3v) is 3.66. The fourth-order valence-electron chi connectivity index (χ4n) is 2.25. The summed E-state index contributed by atoms with van der Waals surface area (Å²) in [6.07, 6.45) is 5.22. The first-order valence-corrected chi connectivity index (χ1v) is 8.03. The summed E-state index contributed by atoms with van der Waals surface area (Å²) in [4.78, 5) is 33.7. The first-order chi connectivity index (χ1) is 10.4. The summed E-state index contributed by atoms with van der Waals surface area (Å²) in [5.41, 5.74) is 0. The highest BCUT2D eigenvalue weighted by atomic mass is 16.5. The van der Waals surface area contributed by atoms with E-state index in [4.69, 9.17) is 14.9 Å². The lowest BCUT2D eigenvalue weighted by atomic mass is 9.90. The monoisotopic (exact) mass is 316 g/mol. The van der Waals surface area contributed by atoms with Crippen molar-refractivity contribution >= 4 is 17.9 Å². The zero-order valence-corrected chi connectivity index (χ0v) is 13.5. The standard InChI is InChI=1S/C16H28O6/c1-3-5-6-7-8-9-22-16(21)12(4-2)10-13(15(19)20)11-14(17)18/h12-13H,3-11H2,1-2H3,(H,17,18)(H,19,20). The predicted octanol–water partition coefficient (Wildman–Crippen LogP) is 3.09. The fourth-order valence-corrected chi connectivity index (χ4v) is 2.25. The van der Waals surface area contributed by atoms with Crippen molar-refractivity contribution in [1.29, 1.82) is 0 Å². The van der Waals surface area contributed by atoms with E-state index in [-0.39, 0.29) is 6.42 Å². The van der Waals surface area contributed by atoms with Gasteiger partial charge in [-0.05, 0) is 19.3 Å². The summed E-state index contributed by atoms with van der Waals surface area (Å²) in [5, 5.41) is 17.8. The molecule has 2 N–H and O–H groups in total. The van der Waals surface area contributed by atoms with Gasteiger partial charge in [-0.3, -0.25) is 14.4 Å². The number of carbonyl (C=O) groups excluding carboxylic acids is 1. The summed E-state index contributed by atoms with van der Waals surface area (Å²) < 4.78 is 5.18. The predicted molar refractivity (Wildman–Crippen MR) is 81.5 cm³/mol. The largest absolute Gasteiger partial charge is 0.481 e. The maximum Gasteiger partial charge on any atom is 0.308 e. The lowest BCUT2D eigenvalue weighted by molar-refractivity contribution is -0.153. The van der Waals surface area contributed by atoms with Crippen LogP contribution in [0.2, 0.25) is 0 Å². The number of hydrogen-bond acceptors (Lipinski definition) is 4. The van der Waals surface area contributed by atoms with Gasteiger partial charge in [0.15, 0.2) is 0 Å². The van der Waals surface area contributed by atoms with E-state index in [1.807, 2.05) is 0 Å². The zero-order valence-electron chi connectivity index (χ0n) is 13.5. The van der Waals surface area contributed by atoms with Crippen LogP contribution >= 0.6 is 0 Å². The summed E-state index contributed by atoms with van der Waals surface area (Å²) in [6, 6.07) is 0. The molecule has 0 aliphatic heterocycles. The number of carboxylic acids is 2. The van der Waals surface area contributed by atoms with Gasteiger partial charge in [0.1, 0.15) is 0 Å². The molecule has 6 heteroatoms. The SMILES string of the molecule is CCCCCCCOC(=O)C(CC)CC(CC(=O)O)C(=O)O. The number of carbonyl (C=O) groups is 3. The minimum atomic E-state index is -1.19. The molecule has 0 aliphatic rings. The van der Waals surface area contributed by atoms with E-state index < -0.39 is 36.2 Å². The molecule has 0 aliphatic carbocycles. The van der Waals surface area contributed by atoms with Crippen molar-refractivity contribution in [2.45, 2.75) is 65.2 Å². The smallest absolute Gasteiger partial charge is 0.308 e. The van der Waals surface area contributed by atoms with Gasteiger partial charge in [-0.15, -0.1) is 0 Å². The van der Waals surface area contributed by atoms with E-state index in [2.05, 4.69) is 6.92 Å². The average Bonchev–Trinajstić information content (AvgIpc) is 2.46. The first-order valence-electron chi connectivity index (χ1n) is 8.03. The Balaban J connectivity index is 4.22. The Morgan fingerprint density at radius 2 is 1.59 bits per heavy atom. The molecule has 0 radical (unpaired) electrons. The highest BCUT2D eigenvalue weighted by Gasteiger charge is 2.28. The Morgan fingerprint density at radius 1 is 0.955 bits per heavy atom. The van der Waals surface area contributed by atoms with Crippen molar-refractivity contribution in [3.05, 3.63) is 0 Å². The quantitative estimate of drug-likeness (QED) is 0.400. The van der Waals surface area contributed by atoms with Crippen LogP contribution in [0.15, 0.2) is 0 Å². The summed E-state index contributed by atoms with van der Waals surface area (Å²) in [7, 11) is 0. The minimum Gasteiger partial charge on any atom is -0.481 e. The molecule has 6 nitrogen and oxygen atoms in total. The molecule has 0 amide bonds. The molecule has 0 bridgehead atoms. The van der Waals surface area contributed by atoms with Crippen molar-refractivity contribution in [3.8, 4) is 0 Å². The van der Waals surface area contributed by atoms with Crippen molar-refractivity contribution in [3.63, 3.8) is 0 Å². The molecule has 0 saturated carbocycles. The van der Waals surface area contributed by atoms with Crippen LogP contribution in [-0.2, 0) is 19.1 Å². The molecule has 22 heavy (non-hydrogen) atoms. The van der Waals surface area contributed by atoms with Crippen LogP contribution in [0.5, 0.6) is 0 Å². The van der Waals surface area contributed by atoms with Gasteiger partial charge < -0.3 is 14.9 Å². The number of unbranched alkanes of at least 4 members (excludes halogenated alkanes) is 4. The van der Waals surface area contributed by atoms with Gasteiger partial charge in [0, 0.05) is 0 Å². The molecule has 0 aromatic heterocycles. The first kappa shape index (κ1) is 20.4. The molecule has 0 aromatic carbocycles. The van der Waals surface area contributed by atoms with Crippen LogP contribution < -0.4 is 0 Å². The lowest BCUT2D eigenvalue weighted by Crippen LogP contribution is -2.26. The Bertz CT molecular complexity index is 353. The second kappa shape index (κ2) is 12.0. The molecule has 0 heterocycles. The lowest BCUT2D eigenvalue weighted by Gasteiger charge is -2.17. The van der Waals surface area contributed by atoms with E-state index in [0.717, 1.165) is 25.7 Å². The van der Waals surface area contributed by atoms with Crippen LogP contribution in [0.25, 0.3) is 0 Å². The van der Waals surface area contributed by atoms with Crippen molar-refractivity contribution < 1.29 is 29.3 Å². The van der Waals surface area contributed by atoms with Gasteiger partial charge >= 0.3 is 17.9 Å². The Morgan fingerprint density at radius 3 is 2.09 bits per heavy atom. The van der Waals surface area contributed by atoms with Crippen LogP contribution in [0.1, 0.15) is 65.2 Å². The van der Waals surface area contributed by atoms with E-state index in [1.165, 1.54) is 6.42 Å². The normalized spacial score (nSPS) is 13.4. The summed E-state index contributed by atoms with van der Waals surface area (Å²) in [6.45, 7) is 4.24. The Labute approximate surface area is 131 Å². The highest BCUT2D eigenvalue weighted by Crippen LogP contribution is 2.21. The zero-order chi connectivity index (χ0) is 17.0. The molecule has 2 unspecified atom stereocenters.